The maximum atomic E-state index is 13.8. The normalized spacial score (nSPS) is 10.6. The molecular formula is C22H18FN5O2S. The molecule has 7 nitrogen and oxygen atoms in total. The molecule has 156 valence electrons. The van der Waals surface area contributed by atoms with Gasteiger partial charge in [-0.25, -0.2) is 4.39 Å². The first-order valence-electron chi connectivity index (χ1n) is 9.33. The van der Waals surface area contributed by atoms with Crippen molar-refractivity contribution in [1.82, 2.24) is 19.7 Å². The highest BCUT2D eigenvalue weighted by Crippen LogP contribution is 2.28. The molecule has 2 aromatic heterocycles. The average Bonchev–Trinajstić information content (AvgIpc) is 3.24. The van der Waals surface area contributed by atoms with Gasteiger partial charge in [-0.2, -0.15) is 0 Å². The van der Waals surface area contributed by atoms with Crippen molar-refractivity contribution >= 4 is 23.4 Å². The molecule has 0 aliphatic rings. The summed E-state index contributed by atoms with van der Waals surface area (Å²) in [6, 6.07) is 17.2. The van der Waals surface area contributed by atoms with Crippen LogP contribution in [0.25, 0.3) is 17.1 Å². The van der Waals surface area contributed by atoms with Crippen molar-refractivity contribution in [2.75, 3.05) is 18.2 Å². The van der Waals surface area contributed by atoms with Crippen LogP contribution in [0, 0.1) is 5.82 Å². The van der Waals surface area contributed by atoms with Gasteiger partial charge in [0.1, 0.15) is 11.6 Å². The Hall–Kier alpha value is -3.72. The Kier molecular flexibility index (Phi) is 6.23. The molecule has 0 fully saturated rings. The van der Waals surface area contributed by atoms with E-state index in [1.165, 1.54) is 23.9 Å². The molecular weight excluding hydrogens is 417 g/mol. The summed E-state index contributed by atoms with van der Waals surface area (Å²) in [7, 11) is 1.60. The highest BCUT2D eigenvalue weighted by atomic mass is 32.2. The SMILES string of the molecule is COc1ccc(-n2c(SCC(=O)Nc3ccccc3F)nnc2-c2ccncc2)cc1. The van der Waals surface area contributed by atoms with Crippen molar-refractivity contribution in [2.24, 2.45) is 0 Å². The lowest BCUT2D eigenvalue weighted by atomic mass is 10.2. The summed E-state index contributed by atoms with van der Waals surface area (Å²) in [5.41, 5.74) is 1.79. The van der Waals surface area contributed by atoms with Gasteiger partial charge >= 0.3 is 0 Å². The molecule has 0 atom stereocenters. The summed E-state index contributed by atoms with van der Waals surface area (Å²) in [5, 5.41) is 11.7. The number of hydrogen-bond acceptors (Lipinski definition) is 6. The number of para-hydroxylation sites is 1. The Labute approximate surface area is 182 Å². The third-order valence-electron chi connectivity index (χ3n) is 4.38. The van der Waals surface area contributed by atoms with Crippen LogP contribution in [0.4, 0.5) is 10.1 Å². The summed E-state index contributed by atoms with van der Waals surface area (Å²) in [6.45, 7) is 0. The first-order valence-corrected chi connectivity index (χ1v) is 10.3. The van der Waals surface area contributed by atoms with Crippen LogP contribution in [-0.4, -0.2) is 38.5 Å². The van der Waals surface area contributed by atoms with E-state index in [0.29, 0.717) is 11.0 Å². The minimum absolute atomic E-state index is 0.0406. The topological polar surface area (TPSA) is 81.9 Å². The van der Waals surface area contributed by atoms with Crippen LogP contribution in [-0.2, 0) is 4.79 Å². The molecule has 4 rings (SSSR count). The third-order valence-corrected chi connectivity index (χ3v) is 5.31. The maximum absolute atomic E-state index is 13.8. The van der Waals surface area contributed by atoms with Gasteiger partial charge in [0, 0.05) is 23.6 Å². The molecule has 1 amide bonds. The first kappa shape index (κ1) is 20.5. The van der Waals surface area contributed by atoms with Crippen molar-refractivity contribution in [2.45, 2.75) is 5.16 Å². The number of thioether (sulfide) groups is 1. The molecule has 0 aliphatic heterocycles. The molecule has 31 heavy (non-hydrogen) atoms. The second-order valence-electron chi connectivity index (χ2n) is 6.39. The molecule has 0 saturated carbocycles. The molecule has 2 heterocycles. The number of nitrogens with zero attached hydrogens (tertiary/aromatic N) is 4. The summed E-state index contributed by atoms with van der Waals surface area (Å²) in [4.78, 5) is 16.4. The van der Waals surface area contributed by atoms with E-state index in [4.69, 9.17) is 4.74 Å². The van der Waals surface area contributed by atoms with Gasteiger partial charge in [0.05, 0.1) is 18.6 Å². The predicted octanol–water partition coefficient (Wildman–Crippen LogP) is 4.21. The summed E-state index contributed by atoms with van der Waals surface area (Å²) < 4.78 is 20.9. The molecule has 0 aliphatic carbocycles. The number of methoxy groups -OCH3 is 1. The number of rotatable bonds is 7. The lowest BCUT2D eigenvalue weighted by molar-refractivity contribution is -0.113. The van der Waals surface area contributed by atoms with Gasteiger partial charge in [0.15, 0.2) is 11.0 Å². The monoisotopic (exact) mass is 435 g/mol. The number of anilines is 1. The van der Waals surface area contributed by atoms with Crippen LogP contribution >= 0.6 is 11.8 Å². The second-order valence-corrected chi connectivity index (χ2v) is 7.33. The minimum atomic E-state index is -0.484. The quantitative estimate of drug-likeness (QED) is 0.438. The highest BCUT2D eigenvalue weighted by molar-refractivity contribution is 7.99. The molecule has 9 heteroatoms. The summed E-state index contributed by atoms with van der Waals surface area (Å²) in [5.74, 6) is 0.552. The smallest absolute Gasteiger partial charge is 0.234 e. The zero-order valence-corrected chi connectivity index (χ0v) is 17.3. The summed E-state index contributed by atoms with van der Waals surface area (Å²) in [6.07, 6.45) is 3.36. The third kappa shape index (κ3) is 4.72. The Morgan fingerprint density at radius 2 is 1.81 bits per heavy atom. The number of benzene rings is 2. The van der Waals surface area contributed by atoms with Crippen molar-refractivity contribution < 1.29 is 13.9 Å². The van der Waals surface area contributed by atoms with E-state index in [2.05, 4.69) is 20.5 Å². The van der Waals surface area contributed by atoms with Crippen molar-refractivity contribution in [3.63, 3.8) is 0 Å². The number of amides is 1. The molecule has 0 unspecified atom stereocenters. The van der Waals surface area contributed by atoms with Gasteiger partial charge in [-0.05, 0) is 48.5 Å². The number of halogens is 1. The lowest BCUT2D eigenvalue weighted by Gasteiger charge is -2.11. The fourth-order valence-corrected chi connectivity index (χ4v) is 3.65. The van der Waals surface area contributed by atoms with Crippen LogP contribution in [0.1, 0.15) is 0 Å². The first-order chi connectivity index (χ1) is 15.2. The zero-order chi connectivity index (χ0) is 21.6. The van der Waals surface area contributed by atoms with Crippen molar-refractivity contribution in [3.8, 4) is 22.8 Å². The van der Waals surface area contributed by atoms with E-state index < -0.39 is 5.82 Å². The number of pyridine rings is 1. The summed E-state index contributed by atoms with van der Waals surface area (Å²) >= 11 is 1.21. The standard InChI is InChI=1S/C22H18FN5O2S/c1-30-17-8-6-16(7-9-17)28-21(15-10-12-24-13-11-15)26-27-22(28)31-14-20(29)25-19-5-3-2-4-18(19)23/h2-13H,14H2,1H3,(H,25,29). The van der Waals surface area contributed by atoms with Gasteiger partial charge in [-0.15, -0.1) is 10.2 Å². The Morgan fingerprint density at radius 3 is 2.52 bits per heavy atom. The molecule has 2 aromatic carbocycles. The van der Waals surface area contributed by atoms with Crippen molar-refractivity contribution in [1.29, 1.82) is 0 Å². The molecule has 0 radical (unpaired) electrons. The van der Waals surface area contributed by atoms with Crippen LogP contribution in [0.15, 0.2) is 78.2 Å². The Balaban J connectivity index is 1.60. The van der Waals surface area contributed by atoms with Crippen LogP contribution in [0.2, 0.25) is 0 Å². The average molecular weight is 435 g/mol. The number of hydrogen-bond donors (Lipinski definition) is 1. The van der Waals surface area contributed by atoms with E-state index in [0.717, 1.165) is 17.0 Å². The van der Waals surface area contributed by atoms with E-state index in [1.54, 1.807) is 31.6 Å². The zero-order valence-electron chi connectivity index (χ0n) is 16.5. The number of nitrogens with one attached hydrogen (secondary N) is 1. The van der Waals surface area contributed by atoms with Crippen LogP contribution in [0.3, 0.4) is 0 Å². The fourth-order valence-electron chi connectivity index (χ4n) is 2.89. The maximum Gasteiger partial charge on any atom is 0.234 e. The van der Waals surface area contributed by atoms with E-state index in [-0.39, 0.29) is 17.3 Å². The second kappa shape index (κ2) is 9.40. The number of aromatic nitrogens is 4. The van der Waals surface area contributed by atoms with E-state index in [1.807, 2.05) is 41.0 Å². The van der Waals surface area contributed by atoms with Gasteiger partial charge < -0.3 is 10.1 Å². The Bertz CT molecular complexity index is 1180. The minimum Gasteiger partial charge on any atom is -0.497 e. The molecule has 1 N–H and O–H groups in total. The number of carbonyl (C=O) groups excluding carboxylic acids is 1. The van der Waals surface area contributed by atoms with Gasteiger partial charge in [-0.1, -0.05) is 23.9 Å². The fraction of sp³-hybridized carbons (Fsp3) is 0.0909. The molecule has 0 spiro atoms. The van der Waals surface area contributed by atoms with Gasteiger partial charge in [0.2, 0.25) is 5.91 Å². The number of ether oxygens (including phenoxy) is 1. The van der Waals surface area contributed by atoms with Crippen LogP contribution < -0.4 is 10.1 Å². The Morgan fingerprint density at radius 1 is 1.06 bits per heavy atom. The van der Waals surface area contributed by atoms with Gasteiger partial charge in [-0.3, -0.25) is 14.3 Å². The largest absolute Gasteiger partial charge is 0.497 e. The molecule has 0 saturated heterocycles. The van der Waals surface area contributed by atoms with Gasteiger partial charge in [0.25, 0.3) is 0 Å². The van der Waals surface area contributed by atoms with E-state index >= 15 is 0 Å². The van der Waals surface area contributed by atoms with E-state index in [9.17, 15) is 9.18 Å². The van der Waals surface area contributed by atoms with Crippen LogP contribution in [0.5, 0.6) is 5.75 Å². The number of carbonyl (C=O) groups is 1. The molecule has 0 bridgehead atoms. The molecule has 4 aromatic rings. The van der Waals surface area contributed by atoms with Crippen molar-refractivity contribution in [3.05, 3.63) is 78.9 Å². The lowest BCUT2D eigenvalue weighted by Crippen LogP contribution is -2.15. The predicted molar refractivity (Wildman–Crippen MR) is 117 cm³/mol. The highest BCUT2D eigenvalue weighted by Gasteiger charge is 2.18.